The van der Waals surface area contributed by atoms with Gasteiger partial charge in [0.05, 0.1) is 13.2 Å². The Labute approximate surface area is 114 Å². The van der Waals surface area contributed by atoms with Gasteiger partial charge < -0.3 is 9.47 Å². The van der Waals surface area contributed by atoms with Crippen LogP contribution in [0.25, 0.3) is 0 Å². The molecule has 0 N–H and O–H groups in total. The normalized spacial score (nSPS) is 23.7. The second-order valence-electron chi connectivity index (χ2n) is 5.60. The van der Waals surface area contributed by atoms with Crippen LogP contribution in [-0.2, 0) is 14.3 Å². The molecule has 19 heavy (non-hydrogen) atoms. The number of likely N-dealkylation sites (tertiary alicyclic amines) is 1. The zero-order valence-electron chi connectivity index (χ0n) is 12.3. The van der Waals surface area contributed by atoms with Gasteiger partial charge in [0.1, 0.15) is 11.6 Å². The predicted octanol–water partition coefficient (Wildman–Crippen LogP) is 2.50. The molecule has 5 heteroatoms. The van der Waals surface area contributed by atoms with E-state index in [-0.39, 0.29) is 6.04 Å². The van der Waals surface area contributed by atoms with Crippen LogP contribution in [0.15, 0.2) is 12.2 Å². The summed E-state index contributed by atoms with van der Waals surface area (Å²) in [5.74, 6) is -0.391. The summed E-state index contributed by atoms with van der Waals surface area (Å²) in [6.07, 6.45) is 4.65. The summed E-state index contributed by atoms with van der Waals surface area (Å²) < 4.78 is 10.1. The molecule has 0 aromatic heterocycles. The van der Waals surface area contributed by atoms with Crippen LogP contribution < -0.4 is 0 Å². The second-order valence-corrected chi connectivity index (χ2v) is 5.60. The average molecular weight is 269 g/mol. The molecule has 2 atom stereocenters. The quantitative estimate of drug-likeness (QED) is 0.571. The Morgan fingerprint density at radius 3 is 2.37 bits per heavy atom. The fourth-order valence-corrected chi connectivity index (χ4v) is 2.19. The lowest BCUT2D eigenvalue weighted by atomic mass is 10.2. The van der Waals surface area contributed by atoms with Gasteiger partial charge in [0, 0.05) is 0 Å². The highest BCUT2D eigenvalue weighted by Crippen LogP contribution is 2.28. The van der Waals surface area contributed by atoms with Gasteiger partial charge in [-0.1, -0.05) is 12.2 Å². The largest absolute Gasteiger partial charge is 0.467 e. The van der Waals surface area contributed by atoms with E-state index in [1.54, 1.807) is 20.8 Å². The molecule has 0 unspecified atom stereocenters. The number of carbonyl (C=O) groups is 2. The number of hydrogen-bond acceptors (Lipinski definition) is 4. The van der Waals surface area contributed by atoms with E-state index in [9.17, 15) is 9.59 Å². The Morgan fingerprint density at radius 2 is 1.89 bits per heavy atom. The van der Waals surface area contributed by atoms with Gasteiger partial charge in [0.2, 0.25) is 0 Å². The smallest absolute Gasteiger partial charge is 0.411 e. The number of allylic oxidation sites excluding steroid dienone is 1. The van der Waals surface area contributed by atoms with Crippen molar-refractivity contribution in [1.29, 1.82) is 0 Å². The summed E-state index contributed by atoms with van der Waals surface area (Å²) in [6, 6.07) is -0.662. The molecular formula is C14H23NO4. The molecule has 1 amide bonds. The van der Waals surface area contributed by atoms with Crippen LogP contribution in [0.1, 0.15) is 40.5 Å². The number of methoxy groups -OCH3 is 1. The van der Waals surface area contributed by atoms with Crippen LogP contribution in [0.2, 0.25) is 0 Å². The first-order valence-electron chi connectivity index (χ1n) is 6.52. The van der Waals surface area contributed by atoms with Gasteiger partial charge in [-0.15, -0.1) is 0 Å². The lowest BCUT2D eigenvalue weighted by molar-refractivity contribution is -0.146. The van der Waals surface area contributed by atoms with Crippen molar-refractivity contribution in [2.45, 2.75) is 58.2 Å². The average Bonchev–Trinajstić information content (AvgIpc) is 2.70. The fraction of sp³-hybridized carbons (Fsp3) is 0.714. The van der Waals surface area contributed by atoms with Crippen molar-refractivity contribution in [2.24, 2.45) is 0 Å². The monoisotopic (exact) mass is 269 g/mol. The molecule has 1 saturated heterocycles. The molecule has 0 bridgehead atoms. The van der Waals surface area contributed by atoms with Crippen molar-refractivity contribution in [3.8, 4) is 0 Å². The lowest BCUT2D eigenvalue weighted by Crippen LogP contribution is -2.47. The summed E-state index contributed by atoms with van der Waals surface area (Å²) >= 11 is 0. The number of nitrogens with zero attached hydrogens (tertiary/aromatic N) is 1. The molecule has 0 spiro atoms. The Kier molecular flexibility index (Phi) is 4.97. The Morgan fingerprint density at radius 1 is 1.26 bits per heavy atom. The Balaban J connectivity index is 2.92. The molecule has 1 rings (SSSR count). The van der Waals surface area contributed by atoms with Gasteiger partial charge >= 0.3 is 12.1 Å². The minimum Gasteiger partial charge on any atom is -0.467 e. The molecule has 108 valence electrons. The molecule has 0 aromatic rings. The van der Waals surface area contributed by atoms with Gasteiger partial charge in [0.15, 0.2) is 0 Å². The van der Waals surface area contributed by atoms with E-state index in [1.807, 2.05) is 19.1 Å². The number of amides is 1. The summed E-state index contributed by atoms with van der Waals surface area (Å²) in [5.41, 5.74) is -0.583. The molecule has 0 radical (unpaired) electrons. The molecule has 0 aromatic carbocycles. The molecule has 1 fully saturated rings. The van der Waals surface area contributed by atoms with Crippen LogP contribution in [0.3, 0.4) is 0 Å². The van der Waals surface area contributed by atoms with E-state index in [4.69, 9.17) is 9.47 Å². The topological polar surface area (TPSA) is 55.8 Å². The van der Waals surface area contributed by atoms with Crippen molar-refractivity contribution in [1.82, 2.24) is 4.90 Å². The van der Waals surface area contributed by atoms with Crippen molar-refractivity contribution < 1.29 is 19.1 Å². The van der Waals surface area contributed by atoms with Crippen LogP contribution >= 0.6 is 0 Å². The standard InChI is InChI=1S/C14H23NO4/c1-6-7-10-8-9-11(12(16)18-5)15(10)13(17)19-14(2,3)4/h6-7,10-11H,8-9H2,1-5H3/t10-,11+/m1/s1. The lowest BCUT2D eigenvalue weighted by Gasteiger charge is -2.30. The molecule has 1 aliphatic rings. The van der Waals surface area contributed by atoms with Gasteiger partial charge in [-0.2, -0.15) is 0 Å². The number of esters is 1. The highest BCUT2D eigenvalue weighted by atomic mass is 16.6. The third kappa shape index (κ3) is 3.98. The van der Waals surface area contributed by atoms with E-state index >= 15 is 0 Å². The van der Waals surface area contributed by atoms with E-state index in [0.717, 1.165) is 6.42 Å². The second kappa shape index (κ2) is 6.08. The molecule has 5 nitrogen and oxygen atoms in total. The predicted molar refractivity (Wildman–Crippen MR) is 71.7 cm³/mol. The van der Waals surface area contributed by atoms with Crippen LogP contribution in [-0.4, -0.2) is 41.8 Å². The zero-order chi connectivity index (χ0) is 14.6. The minimum atomic E-state index is -0.583. The fourth-order valence-electron chi connectivity index (χ4n) is 2.19. The summed E-state index contributed by atoms with van der Waals surface area (Å²) in [7, 11) is 1.33. The van der Waals surface area contributed by atoms with E-state index in [0.29, 0.717) is 6.42 Å². The Hall–Kier alpha value is -1.52. The van der Waals surface area contributed by atoms with Gasteiger partial charge in [-0.3, -0.25) is 4.90 Å². The van der Waals surface area contributed by atoms with Crippen molar-refractivity contribution >= 4 is 12.1 Å². The van der Waals surface area contributed by atoms with Gasteiger partial charge in [0.25, 0.3) is 0 Å². The molecule has 0 aliphatic carbocycles. The highest BCUT2D eigenvalue weighted by Gasteiger charge is 2.42. The summed E-state index contributed by atoms with van der Waals surface area (Å²) in [6.45, 7) is 7.30. The summed E-state index contributed by atoms with van der Waals surface area (Å²) in [4.78, 5) is 25.5. The van der Waals surface area contributed by atoms with Crippen molar-refractivity contribution in [3.05, 3.63) is 12.2 Å². The van der Waals surface area contributed by atoms with E-state index in [2.05, 4.69) is 0 Å². The Bertz CT molecular complexity index is 370. The van der Waals surface area contributed by atoms with E-state index < -0.39 is 23.7 Å². The maximum Gasteiger partial charge on any atom is 0.411 e. The molecular weight excluding hydrogens is 246 g/mol. The maximum absolute atomic E-state index is 12.2. The number of ether oxygens (including phenoxy) is 2. The van der Waals surface area contributed by atoms with Crippen molar-refractivity contribution in [2.75, 3.05) is 7.11 Å². The zero-order valence-corrected chi connectivity index (χ0v) is 12.3. The first-order valence-corrected chi connectivity index (χ1v) is 6.52. The summed E-state index contributed by atoms with van der Waals surface area (Å²) in [5, 5.41) is 0. The van der Waals surface area contributed by atoms with Gasteiger partial charge in [-0.25, -0.2) is 9.59 Å². The number of carbonyl (C=O) groups excluding carboxylic acids is 2. The van der Waals surface area contributed by atoms with Crippen LogP contribution in [0.5, 0.6) is 0 Å². The van der Waals surface area contributed by atoms with E-state index in [1.165, 1.54) is 12.0 Å². The molecule has 0 saturated carbocycles. The minimum absolute atomic E-state index is 0.107. The van der Waals surface area contributed by atoms with Crippen LogP contribution in [0.4, 0.5) is 4.79 Å². The maximum atomic E-state index is 12.2. The highest BCUT2D eigenvalue weighted by molar-refractivity contribution is 5.82. The SMILES string of the molecule is CC=C[C@@H]1CC[C@@H](C(=O)OC)N1C(=O)OC(C)(C)C. The first kappa shape index (κ1) is 15.5. The van der Waals surface area contributed by atoms with Crippen LogP contribution in [0, 0.1) is 0 Å². The third-order valence-corrected chi connectivity index (χ3v) is 2.92. The number of hydrogen-bond donors (Lipinski definition) is 0. The molecule has 1 aliphatic heterocycles. The van der Waals surface area contributed by atoms with Gasteiger partial charge in [-0.05, 0) is 40.5 Å². The first-order chi connectivity index (χ1) is 8.80. The number of rotatable bonds is 2. The van der Waals surface area contributed by atoms with Crippen molar-refractivity contribution in [3.63, 3.8) is 0 Å². The third-order valence-electron chi connectivity index (χ3n) is 2.92. The molecule has 1 heterocycles.